The molecule has 7 rings (SSSR count). The molecule has 0 saturated carbocycles. The monoisotopic (exact) mass is 618 g/mol. The van der Waals surface area contributed by atoms with Crippen molar-refractivity contribution < 1.29 is 0 Å². The standard InChI is InChI=1S/C46H38N2/c1-5-13-41(14-6-1)47(42-15-7-2-8-16-42)45-33-29-39(30-34-45)27-25-37-21-23-38(24-22-37)26-28-40-31-35-46(36-32-40)48(43-17-9-3-10-18-43)44-19-11-4-12-20-44/h1-11,13-19,21-36H,12,20H2. The van der Waals surface area contributed by atoms with Crippen LogP contribution in [0.4, 0.5) is 28.4 Å². The average molecular weight is 619 g/mol. The molecule has 48 heavy (non-hydrogen) atoms. The van der Waals surface area contributed by atoms with Crippen LogP contribution in [0, 0.1) is 0 Å². The first-order chi connectivity index (χ1) is 23.8. The molecular formula is C46H38N2. The molecule has 0 unspecified atom stereocenters. The molecule has 0 fully saturated rings. The van der Waals surface area contributed by atoms with Crippen LogP contribution in [-0.4, -0.2) is 0 Å². The Hall–Kier alpha value is -6.12. The second kappa shape index (κ2) is 15.0. The van der Waals surface area contributed by atoms with E-state index in [0.29, 0.717) is 0 Å². The van der Waals surface area contributed by atoms with Gasteiger partial charge in [-0.2, -0.15) is 0 Å². The molecule has 2 heteroatoms. The van der Waals surface area contributed by atoms with Crippen molar-refractivity contribution in [2.45, 2.75) is 12.8 Å². The van der Waals surface area contributed by atoms with E-state index in [2.05, 4.69) is 216 Å². The Bertz CT molecular complexity index is 1980. The maximum absolute atomic E-state index is 2.36. The van der Waals surface area contributed by atoms with Gasteiger partial charge >= 0.3 is 0 Å². The molecular weight excluding hydrogens is 581 g/mol. The van der Waals surface area contributed by atoms with Crippen molar-refractivity contribution in [1.82, 2.24) is 0 Å². The second-order valence-corrected chi connectivity index (χ2v) is 11.8. The summed E-state index contributed by atoms with van der Waals surface area (Å²) in [7, 11) is 0. The molecule has 0 N–H and O–H groups in total. The van der Waals surface area contributed by atoms with E-state index in [0.717, 1.165) is 35.5 Å². The highest BCUT2D eigenvalue weighted by atomic mass is 15.1. The lowest BCUT2D eigenvalue weighted by molar-refractivity contribution is 0.917. The molecule has 0 heterocycles. The number of nitrogens with zero attached hydrogens (tertiary/aromatic N) is 2. The van der Waals surface area contributed by atoms with Crippen LogP contribution in [-0.2, 0) is 0 Å². The predicted octanol–water partition coefficient (Wildman–Crippen LogP) is 12.9. The van der Waals surface area contributed by atoms with E-state index in [9.17, 15) is 0 Å². The topological polar surface area (TPSA) is 6.48 Å². The van der Waals surface area contributed by atoms with Crippen molar-refractivity contribution in [3.8, 4) is 0 Å². The Morgan fingerprint density at radius 1 is 0.354 bits per heavy atom. The first-order valence-corrected chi connectivity index (χ1v) is 16.6. The van der Waals surface area contributed by atoms with E-state index >= 15 is 0 Å². The van der Waals surface area contributed by atoms with Gasteiger partial charge in [-0.25, -0.2) is 0 Å². The molecule has 0 atom stereocenters. The molecule has 2 nitrogen and oxygen atoms in total. The first kappa shape index (κ1) is 30.5. The van der Waals surface area contributed by atoms with E-state index in [1.54, 1.807) is 0 Å². The van der Waals surface area contributed by atoms with Gasteiger partial charge in [0.25, 0.3) is 0 Å². The fraction of sp³-hybridized carbons (Fsp3) is 0.0435. The fourth-order valence-electron chi connectivity index (χ4n) is 6.01. The molecule has 0 spiro atoms. The molecule has 0 saturated heterocycles. The molecule has 0 bridgehead atoms. The minimum Gasteiger partial charge on any atom is -0.314 e. The summed E-state index contributed by atoms with van der Waals surface area (Å²) in [4.78, 5) is 4.64. The van der Waals surface area contributed by atoms with Crippen molar-refractivity contribution in [2.75, 3.05) is 9.80 Å². The van der Waals surface area contributed by atoms with Gasteiger partial charge in [-0.3, -0.25) is 0 Å². The third kappa shape index (κ3) is 7.46. The molecule has 6 aromatic carbocycles. The summed E-state index contributed by atoms with van der Waals surface area (Å²) in [5.74, 6) is 0. The van der Waals surface area contributed by atoms with Gasteiger partial charge in [-0.15, -0.1) is 0 Å². The lowest BCUT2D eigenvalue weighted by atomic mass is 10.1. The van der Waals surface area contributed by atoms with Crippen LogP contribution >= 0.6 is 0 Å². The Kier molecular flexibility index (Phi) is 9.53. The molecule has 1 aliphatic rings. The normalized spacial score (nSPS) is 12.7. The summed E-state index contributed by atoms with van der Waals surface area (Å²) in [6.45, 7) is 0. The summed E-state index contributed by atoms with van der Waals surface area (Å²) in [6.07, 6.45) is 17.4. The van der Waals surface area contributed by atoms with E-state index < -0.39 is 0 Å². The van der Waals surface area contributed by atoms with Gasteiger partial charge in [-0.1, -0.05) is 140 Å². The lowest BCUT2D eigenvalue weighted by Crippen LogP contribution is -2.17. The Balaban J connectivity index is 1.01. The largest absolute Gasteiger partial charge is 0.314 e. The number of hydrogen-bond acceptors (Lipinski definition) is 2. The number of anilines is 5. The maximum atomic E-state index is 2.36. The molecule has 1 aliphatic carbocycles. The average Bonchev–Trinajstić information content (AvgIpc) is 3.17. The van der Waals surface area contributed by atoms with Crippen molar-refractivity contribution in [1.29, 1.82) is 0 Å². The smallest absolute Gasteiger partial charge is 0.0462 e. The van der Waals surface area contributed by atoms with Crippen molar-refractivity contribution in [3.63, 3.8) is 0 Å². The van der Waals surface area contributed by atoms with Gasteiger partial charge in [-0.05, 0) is 102 Å². The Morgan fingerprint density at radius 2 is 0.688 bits per heavy atom. The number of rotatable bonds is 10. The minimum absolute atomic E-state index is 1.03. The van der Waals surface area contributed by atoms with E-state index in [1.165, 1.54) is 33.8 Å². The summed E-state index contributed by atoms with van der Waals surface area (Å²) < 4.78 is 0. The zero-order valence-corrected chi connectivity index (χ0v) is 26.9. The van der Waals surface area contributed by atoms with Crippen LogP contribution in [0.2, 0.25) is 0 Å². The molecule has 0 aromatic heterocycles. The van der Waals surface area contributed by atoms with Gasteiger partial charge in [0.2, 0.25) is 0 Å². The third-order valence-corrected chi connectivity index (χ3v) is 8.50. The van der Waals surface area contributed by atoms with Crippen LogP contribution in [0.1, 0.15) is 35.1 Å². The highest BCUT2D eigenvalue weighted by Crippen LogP contribution is 2.35. The Labute approximate surface area is 284 Å². The third-order valence-electron chi connectivity index (χ3n) is 8.50. The molecule has 0 aliphatic heterocycles. The zero-order valence-electron chi connectivity index (χ0n) is 26.9. The second-order valence-electron chi connectivity index (χ2n) is 11.8. The van der Waals surface area contributed by atoms with Crippen LogP contribution in [0.3, 0.4) is 0 Å². The summed E-state index contributed by atoms with van der Waals surface area (Å²) >= 11 is 0. The lowest BCUT2D eigenvalue weighted by Gasteiger charge is -2.28. The summed E-state index contributed by atoms with van der Waals surface area (Å²) in [6, 6.07) is 57.8. The van der Waals surface area contributed by atoms with Crippen LogP contribution < -0.4 is 9.80 Å². The summed E-state index contributed by atoms with van der Waals surface area (Å²) in [5, 5.41) is 0. The van der Waals surface area contributed by atoms with Gasteiger partial charge in [0.15, 0.2) is 0 Å². The molecule has 0 radical (unpaired) electrons. The zero-order chi connectivity index (χ0) is 32.4. The predicted molar refractivity (Wildman–Crippen MR) is 207 cm³/mol. The first-order valence-electron chi connectivity index (χ1n) is 16.6. The molecule has 6 aromatic rings. The number of hydrogen-bond donors (Lipinski definition) is 0. The van der Waals surface area contributed by atoms with E-state index in [-0.39, 0.29) is 0 Å². The maximum Gasteiger partial charge on any atom is 0.0462 e. The van der Waals surface area contributed by atoms with Gasteiger partial charge in [0.1, 0.15) is 0 Å². The number of benzene rings is 6. The summed E-state index contributed by atoms with van der Waals surface area (Å²) in [5.41, 5.74) is 11.8. The van der Waals surface area contributed by atoms with Crippen LogP contribution in [0.25, 0.3) is 24.3 Å². The molecule has 232 valence electrons. The Morgan fingerprint density at radius 3 is 1.06 bits per heavy atom. The molecule has 0 amide bonds. The van der Waals surface area contributed by atoms with Crippen molar-refractivity contribution in [2.24, 2.45) is 0 Å². The van der Waals surface area contributed by atoms with Crippen LogP contribution in [0.15, 0.2) is 188 Å². The highest BCUT2D eigenvalue weighted by molar-refractivity contribution is 5.79. The minimum atomic E-state index is 1.03. The van der Waals surface area contributed by atoms with Crippen molar-refractivity contribution >= 4 is 52.7 Å². The highest BCUT2D eigenvalue weighted by Gasteiger charge is 2.15. The van der Waals surface area contributed by atoms with Crippen LogP contribution in [0.5, 0.6) is 0 Å². The van der Waals surface area contributed by atoms with Gasteiger partial charge in [0.05, 0.1) is 0 Å². The number of allylic oxidation sites excluding steroid dienone is 4. The van der Waals surface area contributed by atoms with Gasteiger partial charge < -0.3 is 9.80 Å². The fourth-order valence-corrected chi connectivity index (χ4v) is 6.01. The number of para-hydroxylation sites is 3. The quantitative estimate of drug-likeness (QED) is 0.141. The van der Waals surface area contributed by atoms with E-state index in [1.807, 2.05) is 0 Å². The van der Waals surface area contributed by atoms with Crippen molar-refractivity contribution in [3.05, 3.63) is 210 Å². The van der Waals surface area contributed by atoms with Gasteiger partial charge in [0, 0.05) is 34.1 Å². The SMILES string of the molecule is C1=CCCC(N(c2ccccc2)c2ccc(C=Cc3ccc(C=Cc4ccc(N(c5ccccc5)c5ccccc5)cc4)cc3)cc2)=C1. The van der Waals surface area contributed by atoms with E-state index in [4.69, 9.17) is 0 Å².